The standard InChI is InChI=1S/C11H14FN3/c1-8-7-11(13)14(2)15(8)10-5-3-9(12)4-6-10/h3-7,11H,13H2,1-2H3. The number of allylic oxidation sites excluding steroid dienone is 1. The smallest absolute Gasteiger partial charge is 0.123 e. The van der Waals surface area contributed by atoms with Gasteiger partial charge >= 0.3 is 0 Å². The number of benzene rings is 1. The van der Waals surface area contributed by atoms with Gasteiger partial charge in [0.15, 0.2) is 0 Å². The normalized spacial score (nSPS) is 22.0. The van der Waals surface area contributed by atoms with Gasteiger partial charge in [0.1, 0.15) is 5.82 Å². The van der Waals surface area contributed by atoms with Crippen molar-refractivity contribution in [3.8, 4) is 0 Å². The van der Waals surface area contributed by atoms with E-state index < -0.39 is 0 Å². The number of anilines is 1. The molecular formula is C11H14FN3. The first-order valence-electron chi connectivity index (χ1n) is 4.82. The molecule has 0 bridgehead atoms. The lowest BCUT2D eigenvalue weighted by atomic mass is 10.3. The number of rotatable bonds is 1. The number of likely N-dealkylation sites (N-methyl/N-ethyl adjacent to an activating group) is 1. The van der Waals surface area contributed by atoms with Crippen LogP contribution in [0, 0.1) is 5.82 Å². The number of hydrazine groups is 1. The lowest BCUT2D eigenvalue weighted by molar-refractivity contribution is 0.307. The second-order valence-electron chi connectivity index (χ2n) is 3.66. The minimum atomic E-state index is -0.230. The van der Waals surface area contributed by atoms with Crippen LogP contribution in [0.2, 0.25) is 0 Å². The highest BCUT2D eigenvalue weighted by Crippen LogP contribution is 2.26. The molecule has 0 spiro atoms. The number of halogens is 1. The SMILES string of the molecule is CC1=CC(N)N(C)N1c1ccc(F)cc1. The fourth-order valence-electron chi connectivity index (χ4n) is 1.78. The number of hydrogen-bond acceptors (Lipinski definition) is 3. The van der Waals surface area contributed by atoms with Crippen LogP contribution in [0.1, 0.15) is 6.92 Å². The van der Waals surface area contributed by atoms with E-state index in [1.807, 2.05) is 30.1 Å². The Labute approximate surface area is 88.6 Å². The first-order chi connectivity index (χ1) is 7.09. The van der Waals surface area contributed by atoms with Gasteiger partial charge in [-0.2, -0.15) is 5.01 Å². The van der Waals surface area contributed by atoms with Crippen molar-refractivity contribution in [2.75, 3.05) is 12.1 Å². The van der Waals surface area contributed by atoms with Crippen LogP contribution in [-0.2, 0) is 0 Å². The maximum absolute atomic E-state index is 12.8. The second kappa shape index (κ2) is 3.64. The number of nitrogens with zero attached hydrogens (tertiary/aromatic N) is 2. The molecule has 1 atom stereocenters. The molecule has 1 heterocycles. The molecule has 0 amide bonds. The largest absolute Gasteiger partial charge is 0.311 e. The van der Waals surface area contributed by atoms with Crippen molar-refractivity contribution in [2.24, 2.45) is 5.73 Å². The van der Waals surface area contributed by atoms with Crippen LogP contribution < -0.4 is 10.7 Å². The predicted octanol–water partition coefficient (Wildman–Crippen LogP) is 1.68. The van der Waals surface area contributed by atoms with E-state index in [-0.39, 0.29) is 12.0 Å². The van der Waals surface area contributed by atoms with E-state index in [4.69, 9.17) is 5.73 Å². The molecule has 4 heteroatoms. The first kappa shape index (κ1) is 10.1. The monoisotopic (exact) mass is 207 g/mol. The van der Waals surface area contributed by atoms with Crippen LogP contribution in [0.5, 0.6) is 0 Å². The Morgan fingerprint density at radius 1 is 1.27 bits per heavy atom. The zero-order valence-electron chi connectivity index (χ0n) is 8.81. The second-order valence-corrected chi connectivity index (χ2v) is 3.66. The van der Waals surface area contributed by atoms with Gasteiger partial charge in [-0.3, -0.25) is 5.01 Å². The van der Waals surface area contributed by atoms with Crippen molar-refractivity contribution >= 4 is 5.69 Å². The molecule has 0 aliphatic carbocycles. The summed E-state index contributed by atoms with van der Waals surface area (Å²) in [7, 11) is 1.90. The summed E-state index contributed by atoms with van der Waals surface area (Å²) in [6, 6.07) is 6.36. The molecule has 1 aromatic carbocycles. The van der Waals surface area contributed by atoms with Gasteiger partial charge in [-0.25, -0.2) is 4.39 Å². The summed E-state index contributed by atoms with van der Waals surface area (Å²) < 4.78 is 12.8. The van der Waals surface area contributed by atoms with Gasteiger partial charge < -0.3 is 5.73 Å². The van der Waals surface area contributed by atoms with Gasteiger partial charge in [0, 0.05) is 12.7 Å². The van der Waals surface area contributed by atoms with Crippen molar-refractivity contribution in [1.29, 1.82) is 0 Å². The number of hydrogen-bond donors (Lipinski definition) is 1. The average Bonchev–Trinajstić information content (AvgIpc) is 2.44. The van der Waals surface area contributed by atoms with Crippen LogP contribution >= 0.6 is 0 Å². The summed E-state index contributed by atoms with van der Waals surface area (Å²) in [5, 5.41) is 3.87. The van der Waals surface area contributed by atoms with Crippen molar-refractivity contribution < 1.29 is 4.39 Å². The van der Waals surface area contributed by atoms with E-state index >= 15 is 0 Å². The molecule has 0 fully saturated rings. The van der Waals surface area contributed by atoms with Crippen LogP contribution in [0.15, 0.2) is 36.0 Å². The highest BCUT2D eigenvalue weighted by molar-refractivity contribution is 5.52. The minimum Gasteiger partial charge on any atom is -0.311 e. The molecule has 0 aromatic heterocycles. The Balaban J connectivity index is 2.32. The molecule has 1 unspecified atom stereocenters. The van der Waals surface area contributed by atoms with E-state index in [1.54, 1.807) is 12.1 Å². The molecule has 0 radical (unpaired) electrons. The van der Waals surface area contributed by atoms with E-state index in [1.165, 1.54) is 12.1 Å². The molecule has 1 aromatic rings. The highest BCUT2D eigenvalue weighted by atomic mass is 19.1. The summed E-state index contributed by atoms with van der Waals surface area (Å²) in [6.07, 6.45) is 1.85. The van der Waals surface area contributed by atoms with Crippen LogP contribution in [-0.4, -0.2) is 18.2 Å². The highest BCUT2D eigenvalue weighted by Gasteiger charge is 2.24. The van der Waals surface area contributed by atoms with E-state index in [2.05, 4.69) is 0 Å². The number of nitrogens with two attached hydrogens (primary N) is 1. The zero-order chi connectivity index (χ0) is 11.0. The van der Waals surface area contributed by atoms with E-state index in [9.17, 15) is 4.39 Å². The molecule has 1 aliphatic rings. The quantitative estimate of drug-likeness (QED) is 0.760. The summed E-state index contributed by atoms with van der Waals surface area (Å²) in [4.78, 5) is 0. The lowest BCUT2D eigenvalue weighted by Crippen LogP contribution is -2.43. The Morgan fingerprint density at radius 2 is 1.87 bits per heavy atom. The molecule has 3 nitrogen and oxygen atoms in total. The van der Waals surface area contributed by atoms with Crippen LogP contribution in [0.4, 0.5) is 10.1 Å². The van der Waals surface area contributed by atoms with Gasteiger partial charge in [-0.1, -0.05) is 0 Å². The third-order valence-corrected chi connectivity index (χ3v) is 2.56. The topological polar surface area (TPSA) is 32.5 Å². The third-order valence-electron chi connectivity index (χ3n) is 2.56. The minimum absolute atomic E-state index is 0.116. The van der Waals surface area contributed by atoms with Gasteiger partial charge in [0.2, 0.25) is 0 Å². The van der Waals surface area contributed by atoms with Crippen molar-refractivity contribution in [1.82, 2.24) is 5.01 Å². The molecule has 2 rings (SSSR count). The molecule has 0 saturated carbocycles. The van der Waals surface area contributed by atoms with E-state index in [0.29, 0.717) is 0 Å². The first-order valence-corrected chi connectivity index (χ1v) is 4.82. The van der Waals surface area contributed by atoms with Crippen LogP contribution in [0.25, 0.3) is 0 Å². The van der Waals surface area contributed by atoms with Gasteiger partial charge in [-0.05, 0) is 37.3 Å². The molecule has 0 saturated heterocycles. The van der Waals surface area contributed by atoms with Crippen molar-refractivity contribution in [3.05, 3.63) is 41.9 Å². The Bertz CT molecular complexity index is 385. The zero-order valence-corrected chi connectivity index (χ0v) is 8.81. The summed E-state index contributed by atoms with van der Waals surface area (Å²) >= 11 is 0. The maximum Gasteiger partial charge on any atom is 0.123 e. The van der Waals surface area contributed by atoms with Crippen molar-refractivity contribution in [3.63, 3.8) is 0 Å². The fraction of sp³-hybridized carbons (Fsp3) is 0.273. The van der Waals surface area contributed by atoms with Gasteiger partial charge in [0.25, 0.3) is 0 Å². The van der Waals surface area contributed by atoms with E-state index in [0.717, 1.165) is 11.4 Å². The average molecular weight is 207 g/mol. The molecular weight excluding hydrogens is 193 g/mol. The lowest BCUT2D eigenvalue weighted by Gasteiger charge is -2.30. The summed E-state index contributed by atoms with van der Waals surface area (Å²) in [5.41, 5.74) is 7.83. The third kappa shape index (κ3) is 1.73. The molecule has 15 heavy (non-hydrogen) atoms. The summed E-state index contributed by atoms with van der Waals surface area (Å²) in [6.45, 7) is 1.98. The Hall–Kier alpha value is -1.39. The molecule has 80 valence electrons. The Kier molecular flexibility index (Phi) is 2.46. The van der Waals surface area contributed by atoms with Gasteiger partial charge in [-0.15, -0.1) is 0 Å². The predicted molar refractivity (Wildman–Crippen MR) is 58.4 cm³/mol. The van der Waals surface area contributed by atoms with Crippen LogP contribution in [0.3, 0.4) is 0 Å². The summed E-state index contributed by atoms with van der Waals surface area (Å²) in [5.74, 6) is -0.230. The fourth-order valence-corrected chi connectivity index (χ4v) is 1.78. The molecule has 1 aliphatic heterocycles. The Morgan fingerprint density at radius 3 is 2.33 bits per heavy atom. The molecule has 2 N–H and O–H groups in total. The van der Waals surface area contributed by atoms with Gasteiger partial charge in [0.05, 0.1) is 11.9 Å². The maximum atomic E-state index is 12.8. The van der Waals surface area contributed by atoms with Crippen molar-refractivity contribution in [2.45, 2.75) is 13.1 Å².